The quantitative estimate of drug-likeness (QED) is 0.0751. The summed E-state index contributed by atoms with van der Waals surface area (Å²) in [6, 6.07) is 151. The van der Waals surface area contributed by atoms with E-state index in [0.29, 0.717) is 0 Å². The zero-order chi connectivity index (χ0) is 70.4. The van der Waals surface area contributed by atoms with Gasteiger partial charge in [-0.25, -0.2) is 11.1 Å². The average molecular weight is 1530 g/mol. The maximum Gasteiger partial charge on any atom is 0.192 e. The summed E-state index contributed by atoms with van der Waals surface area (Å²) in [5.41, 5.74) is 22.5. The molecule has 0 saturated heterocycles. The van der Waals surface area contributed by atoms with Crippen LogP contribution in [0.2, 0.25) is 1.41 Å². The van der Waals surface area contributed by atoms with Gasteiger partial charge in [0.25, 0.3) is 0 Å². The SMILES string of the molecule is Cc1ccc[c-]c1-c1[c-]cccc1.[2H]N=P.[HH].[Ir].c1ccc(-c2ccc(-c3cccc(-c4cccc(-c5ccc6c7ccccc7c7ccccc7c6c5)c4)c3)cc2)cc1.c1ccc(N(c2ccc(-c3ccc(N(c4ccccc4)c4cccc5ccccc45)cc3)cc2)c2cccc3ccccc23)cc1. The van der Waals surface area contributed by atoms with Crippen LogP contribution in [0, 0.1) is 24.2 Å². The molecule has 1 radical (unpaired) electrons. The fourth-order valence-electron chi connectivity index (χ4n) is 14.1. The zero-order valence-corrected chi connectivity index (χ0v) is 60.8. The van der Waals surface area contributed by atoms with Crippen molar-refractivity contribution in [3.63, 3.8) is 0 Å². The molecule has 0 atom stereocenters. The number of para-hydroxylation sites is 2. The van der Waals surface area contributed by atoms with Crippen LogP contribution in [-0.2, 0) is 20.1 Å². The Kier molecular flexibility index (Phi) is 21.1. The molecule has 0 amide bonds. The summed E-state index contributed by atoms with van der Waals surface area (Å²) in [4.78, 5) is 4.69. The first-order valence-electron chi connectivity index (χ1n) is 35.2. The molecule has 18 aromatic rings. The molecule has 5 heteroatoms. The molecular weight excluding hydrogens is 1450 g/mol. The summed E-state index contributed by atoms with van der Waals surface area (Å²) in [6.07, 6.45) is 0. The summed E-state index contributed by atoms with van der Waals surface area (Å²) in [6.45, 7) is 2.09. The van der Waals surface area contributed by atoms with Crippen molar-refractivity contribution in [2.45, 2.75) is 6.92 Å². The maximum atomic E-state index is 5.75. The fourth-order valence-corrected chi connectivity index (χ4v) is 14.1. The second kappa shape index (κ2) is 32.5. The van der Waals surface area contributed by atoms with E-state index in [2.05, 4.69) is 419 Å². The molecule has 3 nitrogen and oxygen atoms in total. The van der Waals surface area contributed by atoms with Gasteiger partial charge in [0.15, 0.2) is 1.41 Å². The molecule has 0 bridgehead atoms. The molecule has 0 saturated carbocycles. The van der Waals surface area contributed by atoms with Crippen LogP contribution in [0.1, 0.15) is 6.99 Å². The van der Waals surface area contributed by atoms with Gasteiger partial charge in [-0.2, -0.15) is 48.0 Å². The molecule has 1 N–H and O–H groups in total. The molecule has 501 valence electrons. The number of benzene rings is 18. The molecule has 0 heterocycles. The first-order valence-corrected chi connectivity index (χ1v) is 35.2. The molecule has 0 unspecified atom stereocenters. The Morgan fingerprint density at radius 1 is 0.269 bits per heavy atom. The van der Waals surface area contributed by atoms with Crippen LogP contribution in [0.3, 0.4) is 0 Å². The minimum atomic E-state index is 0. The second-order valence-corrected chi connectivity index (χ2v) is 25.4. The summed E-state index contributed by atoms with van der Waals surface area (Å²) in [5.74, 6) is 0. The smallest absolute Gasteiger partial charge is 0.192 e. The van der Waals surface area contributed by atoms with Crippen molar-refractivity contribution in [3.8, 4) is 66.8 Å². The van der Waals surface area contributed by atoms with Gasteiger partial charge in [0.2, 0.25) is 0 Å². The van der Waals surface area contributed by atoms with Crippen LogP contribution in [0.15, 0.2) is 406 Å². The second-order valence-electron chi connectivity index (χ2n) is 25.4. The number of rotatable bonds is 12. The molecule has 18 rings (SSSR count). The first kappa shape index (κ1) is 67.4. The van der Waals surface area contributed by atoms with Gasteiger partial charge < -0.3 is 9.80 Å². The van der Waals surface area contributed by atoms with E-state index in [9.17, 15) is 0 Å². The van der Waals surface area contributed by atoms with Gasteiger partial charge in [-0.1, -0.05) is 292 Å². The molecular formula is C99H74IrN3P-2. The van der Waals surface area contributed by atoms with Crippen LogP contribution in [0.4, 0.5) is 34.1 Å². The summed E-state index contributed by atoms with van der Waals surface area (Å²) < 4.78 is 5.75. The van der Waals surface area contributed by atoms with Crippen molar-refractivity contribution >= 4 is 97.0 Å². The minimum absolute atomic E-state index is 0. The van der Waals surface area contributed by atoms with Crippen LogP contribution in [0.25, 0.3) is 121 Å². The van der Waals surface area contributed by atoms with Gasteiger partial charge in [0.1, 0.15) is 0 Å². The van der Waals surface area contributed by atoms with E-state index >= 15 is 0 Å². The molecule has 0 aliphatic carbocycles. The summed E-state index contributed by atoms with van der Waals surface area (Å²) >= 11 is 0. The number of anilines is 6. The maximum absolute atomic E-state index is 5.75. The molecule has 0 fully saturated rings. The van der Waals surface area contributed by atoms with Crippen molar-refractivity contribution in [1.82, 2.24) is 0 Å². The van der Waals surface area contributed by atoms with Crippen molar-refractivity contribution < 1.29 is 22.9 Å². The van der Waals surface area contributed by atoms with Crippen LogP contribution in [0.5, 0.6) is 0 Å². The normalized spacial score (nSPS) is 10.8. The monoisotopic (exact) mass is 1530 g/mol. The van der Waals surface area contributed by atoms with E-state index in [1.54, 1.807) is 0 Å². The Bertz CT molecular complexity index is 5760. The van der Waals surface area contributed by atoms with Gasteiger partial charge in [0, 0.05) is 55.1 Å². The Morgan fingerprint density at radius 2 is 0.577 bits per heavy atom. The molecule has 18 aromatic carbocycles. The number of nitrogens with zero attached hydrogens (tertiary/aromatic N) is 2. The minimum Gasteiger partial charge on any atom is -0.310 e. The largest absolute Gasteiger partial charge is 0.310 e. The van der Waals surface area contributed by atoms with E-state index < -0.39 is 0 Å². The predicted molar refractivity (Wildman–Crippen MR) is 444 cm³/mol. The van der Waals surface area contributed by atoms with Crippen molar-refractivity contribution in [2.24, 2.45) is 0 Å². The zero-order valence-electron chi connectivity index (χ0n) is 58.4. The van der Waals surface area contributed by atoms with Gasteiger partial charge in [-0.15, -0.1) is 12.1 Å². The Morgan fingerprint density at radius 3 is 1.03 bits per heavy atom. The third-order valence-electron chi connectivity index (χ3n) is 19.1. The van der Waals surface area contributed by atoms with Crippen molar-refractivity contribution in [3.05, 3.63) is 424 Å². The van der Waals surface area contributed by atoms with Gasteiger partial charge in [-0.3, -0.25) is 5.15 Å². The number of nitrogens with one attached hydrogen (secondary N) is 1. The van der Waals surface area contributed by atoms with E-state index in [4.69, 9.17) is 1.41 Å². The topological polar surface area (TPSA) is 30.3 Å². The number of fused-ring (bicyclic) bond motifs is 8. The molecule has 0 aliphatic rings. The van der Waals surface area contributed by atoms with E-state index in [-0.39, 0.29) is 21.5 Å². The van der Waals surface area contributed by atoms with Crippen LogP contribution in [-0.4, -0.2) is 0 Å². The van der Waals surface area contributed by atoms with Crippen LogP contribution >= 0.6 is 9.03 Å². The van der Waals surface area contributed by atoms with Gasteiger partial charge in [-0.05, 0) is 187 Å². The summed E-state index contributed by atoms with van der Waals surface area (Å²) in [5, 5.41) is 15.3. The first-order chi connectivity index (χ1) is 51.4. The molecule has 104 heavy (non-hydrogen) atoms. The molecule has 0 aliphatic heterocycles. The Balaban J connectivity index is 0.000000153. The van der Waals surface area contributed by atoms with E-state index in [1.165, 1.54) is 115 Å². The van der Waals surface area contributed by atoms with Gasteiger partial charge in [0.05, 0.1) is 11.4 Å². The summed E-state index contributed by atoms with van der Waals surface area (Å²) in [7, 11) is 2.48. The number of hydrogen-bond acceptors (Lipinski definition) is 3. The van der Waals surface area contributed by atoms with Crippen molar-refractivity contribution in [1.29, 1.82) is 5.15 Å². The van der Waals surface area contributed by atoms with Crippen molar-refractivity contribution in [2.75, 3.05) is 9.80 Å². The molecule has 0 aromatic heterocycles. The number of aryl methyl sites for hydroxylation is 1. The Labute approximate surface area is 628 Å². The van der Waals surface area contributed by atoms with Gasteiger partial charge >= 0.3 is 0 Å². The average Bonchev–Trinajstić information content (AvgIpc) is 0.749. The third kappa shape index (κ3) is 14.9. The molecule has 0 spiro atoms. The predicted octanol–water partition coefficient (Wildman–Crippen LogP) is 28.8. The van der Waals surface area contributed by atoms with Crippen LogP contribution < -0.4 is 9.80 Å². The third-order valence-corrected chi connectivity index (χ3v) is 19.1. The van der Waals surface area contributed by atoms with E-state index in [0.717, 1.165) is 45.3 Å². The Hall–Kier alpha value is -12.4. The fraction of sp³-hybridized carbons (Fsp3) is 0.0101. The van der Waals surface area contributed by atoms with E-state index in [1.807, 2.05) is 30.3 Å². The standard InChI is InChI=1S/C44H32N2.C42H28.C13H10.Ir.H2NP.H2/c1-3-17-37(18-4-1)45(43-23-11-15-35-13-7-9-21-41(35)43)39-29-25-33(26-30-39)34-27-31-40(32-28-34)46(38-19-5-2-6-20-38)44-24-12-16-36-14-8-10-22-42(36)44;1-2-10-29(11-3-1)30-20-22-31(23-21-30)32-12-8-13-33(26-32)34-14-9-15-35(27-34)36-24-25-41-39-18-5-4-16-37(39)38-17-6-7-19-40(38)42(41)28-36;1-11-7-5-6-10-13(11)12-8-3-2-4-9-12;;1-2;/h1-32H;1-28H;2-8H,1H3;;1-2H;1H/q;;-2;;;/i/hD. The number of hydrogen-bond donors (Lipinski definition) is 1.